The Bertz CT molecular complexity index is 463. The van der Waals surface area contributed by atoms with E-state index in [4.69, 9.17) is 10.5 Å². The van der Waals surface area contributed by atoms with Crippen molar-refractivity contribution >= 4 is 11.4 Å². The topological polar surface area (TPSA) is 41.7 Å². The second-order valence-corrected chi connectivity index (χ2v) is 6.22. The molecule has 2 N–H and O–H groups in total. The molecule has 1 aromatic carbocycles. The van der Waals surface area contributed by atoms with Gasteiger partial charge in [-0.25, -0.2) is 0 Å². The maximum Gasteiger partial charge on any atom is 0.142 e. The lowest BCUT2D eigenvalue weighted by Crippen LogP contribution is -2.42. The first-order chi connectivity index (χ1) is 9.63. The highest BCUT2D eigenvalue weighted by molar-refractivity contribution is 5.63. The Morgan fingerprint density at radius 2 is 1.85 bits per heavy atom. The molecular formula is C16H25N3O. The van der Waals surface area contributed by atoms with Gasteiger partial charge in [0.2, 0.25) is 0 Å². The molecule has 1 aliphatic heterocycles. The predicted octanol–water partition coefficient (Wildman–Crippen LogP) is 2.34. The van der Waals surface area contributed by atoms with Crippen LogP contribution in [0.15, 0.2) is 18.2 Å². The quantitative estimate of drug-likeness (QED) is 0.856. The largest absolute Gasteiger partial charge is 0.488 e. The summed E-state index contributed by atoms with van der Waals surface area (Å²) in [4.78, 5) is 4.76. The van der Waals surface area contributed by atoms with E-state index in [9.17, 15) is 0 Å². The first-order valence-corrected chi connectivity index (χ1v) is 7.61. The molecule has 0 unspecified atom stereocenters. The summed E-state index contributed by atoms with van der Waals surface area (Å²) in [6, 6.07) is 6.94. The van der Waals surface area contributed by atoms with Gasteiger partial charge in [0.25, 0.3) is 0 Å². The van der Waals surface area contributed by atoms with Crippen molar-refractivity contribution in [2.24, 2.45) is 0 Å². The molecule has 1 saturated carbocycles. The normalized spacial score (nSPS) is 20.4. The summed E-state index contributed by atoms with van der Waals surface area (Å²) in [5.41, 5.74) is 8.11. The molecule has 0 radical (unpaired) electrons. The Balaban J connectivity index is 1.64. The van der Waals surface area contributed by atoms with Crippen LogP contribution in [0.25, 0.3) is 0 Å². The van der Waals surface area contributed by atoms with Gasteiger partial charge in [-0.1, -0.05) is 0 Å². The van der Waals surface area contributed by atoms with Gasteiger partial charge in [0.05, 0.1) is 11.8 Å². The number of nitrogens with two attached hydrogens (primary N) is 1. The predicted molar refractivity (Wildman–Crippen MR) is 83.4 cm³/mol. The van der Waals surface area contributed by atoms with E-state index in [1.54, 1.807) is 0 Å². The van der Waals surface area contributed by atoms with Crippen molar-refractivity contribution in [2.75, 3.05) is 37.8 Å². The first kappa shape index (κ1) is 13.6. The van der Waals surface area contributed by atoms with Crippen LogP contribution in [0.3, 0.4) is 0 Å². The van der Waals surface area contributed by atoms with E-state index < -0.39 is 0 Å². The van der Waals surface area contributed by atoms with Gasteiger partial charge in [-0.05, 0) is 58.0 Å². The van der Waals surface area contributed by atoms with E-state index in [0.29, 0.717) is 12.1 Å². The fourth-order valence-corrected chi connectivity index (χ4v) is 2.85. The lowest BCUT2D eigenvalue weighted by molar-refractivity contribution is 0.249. The average Bonchev–Trinajstić information content (AvgIpc) is 3.25. The summed E-state index contributed by atoms with van der Waals surface area (Å²) in [5.74, 6) is 0.847. The molecule has 0 atom stereocenters. The van der Waals surface area contributed by atoms with Gasteiger partial charge in [-0.3, -0.25) is 0 Å². The number of benzene rings is 1. The minimum absolute atomic E-state index is 0.402. The zero-order valence-electron chi connectivity index (χ0n) is 12.5. The van der Waals surface area contributed by atoms with Gasteiger partial charge in [0.15, 0.2) is 0 Å². The molecule has 0 amide bonds. The van der Waals surface area contributed by atoms with Crippen molar-refractivity contribution in [3.8, 4) is 5.75 Å². The summed E-state index contributed by atoms with van der Waals surface area (Å²) in [6.07, 6.45) is 5.16. The highest BCUT2D eigenvalue weighted by Gasteiger charge is 2.25. The Morgan fingerprint density at radius 3 is 2.40 bits per heavy atom. The van der Waals surface area contributed by atoms with Crippen LogP contribution >= 0.6 is 0 Å². The summed E-state index contributed by atoms with van der Waals surface area (Å²) >= 11 is 0. The number of rotatable bonds is 4. The van der Waals surface area contributed by atoms with Crippen molar-refractivity contribution in [3.05, 3.63) is 18.2 Å². The molecule has 4 heteroatoms. The molecule has 2 fully saturated rings. The van der Waals surface area contributed by atoms with E-state index in [-0.39, 0.29) is 0 Å². The van der Waals surface area contributed by atoms with E-state index in [0.717, 1.165) is 24.5 Å². The van der Waals surface area contributed by atoms with Gasteiger partial charge >= 0.3 is 0 Å². The van der Waals surface area contributed by atoms with Crippen LogP contribution < -0.4 is 15.4 Å². The zero-order chi connectivity index (χ0) is 14.1. The van der Waals surface area contributed by atoms with E-state index in [1.165, 1.54) is 31.4 Å². The fourth-order valence-electron chi connectivity index (χ4n) is 2.85. The van der Waals surface area contributed by atoms with Crippen molar-refractivity contribution in [2.45, 2.75) is 37.8 Å². The third-order valence-electron chi connectivity index (χ3n) is 4.37. The van der Waals surface area contributed by atoms with Crippen molar-refractivity contribution < 1.29 is 4.74 Å². The molecule has 0 bridgehead atoms. The van der Waals surface area contributed by atoms with Crippen LogP contribution in [0, 0.1) is 0 Å². The number of anilines is 2. The number of ether oxygens (including phenoxy) is 1. The third-order valence-corrected chi connectivity index (χ3v) is 4.37. The van der Waals surface area contributed by atoms with E-state index in [1.807, 2.05) is 6.07 Å². The molecule has 20 heavy (non-hydrogen) atoms. The number of piperidine rings is 1. The van der Waals surface area contributed by atoms with Crippen LogP contribution in [0.4, 0.5) is 11.4 Å². The number of hydrogen-bond acceptors (Lipinski definition) is 4. The minimum atomic E-state index is 0.402. The monoisotopic (exact) mass is 275 g/mol. The maximum atomic E-state index is 6.12. The van der Waals surface area contributed by atoms with Crippen LogP contribution in [0.1, 0.15) is 25.7 Å². The lowest BCUT2D eigenvalue weighted by atomic mass is 10.0. The summed E-state index contributed by atoms with van der Waals surface area (Å²) < 4.78 is 5.80. The van der Waals surface area contributed by atoms with Crippen LogP contribution in [0.5, 0.6) is 5.75 Å². The molecular weight excluding hydrogens is 250 g/mol. The second kappa shape index (κ2) is 5.52. The molecule has 0 aromatic heterocycles. The van der Waals surface area contributed by atoms with Gasteiger partial charge < -0.3 is 20.3 Å². The molecule has 1 heterocycles. The van der Waals surface area contributed by atoms with Crippen molar-refractivity contribution in [3.63, 3.8) is 0 Å². The molecule has 2 aliphatic rings. The van der Waals surface area contributed by atoms with Gasteiger partial charge in [0.1, 0.15) is 5.75 Å². The number of nitrogens with zero attached hydrogens (tertiary/aromatic N) is 2. The van der Waals surface area contributed by atoms with E-state index >= 15 is 0 Å². The Kier molecular flexibility index (Phi) is 3.74. The van der Waals surface area contributed by atoms with Crippen LogP contribution in [-0.4, -0.2) is 44.2 Å². The maximum absolute atomic E-state index is 6.12. The highest BCUT2D eigenvalue weighted by atomic mass is 16.5. The van der Waals surface area contributed by atoms with Crippen LogP contribution in [-0.2, 0) is 0 Å². The number of hydrogen-bond donors (Lipinski definition) is 1. The third kappa shape index (κ3) is 3.01. The van der Waals surface area contributed by atoms with Gasteiger partial charge in [-0.15, -0.1) is 0 Å². The number of nitrogen functional groups attached to an aromatic ring is 1. The molecule has 110 valence electrons. The fraction of sp³-hybridized carbons (Fsp3) is 0.625. The Labute approximate surface area is 121 Å². The minimum Gasteiger partial charge on any atom is -0.488 e. The van der Waals surface area contributed by atoms with Gasteiger partial charge in [0, 0.05) is 24.8 Å². The molecule has 3 rings (SSSR count). The lowest BCUT2D eigenvalue weighted by Gasteiger charge is -2.36. The highest BCUT2D eigenvalue weighted by Crippen LogP contribution is 2.33. The molecule has 1 aromatic rings. The Morgan fingerprint density at radius 1 is 1.15 bits per heavy atom. The smallest absolute Gasteiger partial charge is 0.142 e. The standard InChI is InChI=1S/C16H25N3O/c1-18(2)12-7-9-19(10-8-12)13-3-6-16(15(17)11-13)20-14-4-5-14/h3,6,11-12,14H,4-5,7-10,17H2,1-2H3. The SMILES string of the molecule is CN(C)C1CCN(c2ccc(OC3CC3)c(N)c2)CC1. The van der Waals surface area contributed by atoms with Gasteiger partial charge in [-0.2, -0.15) is 0 Å². The zero-order valence-corrected chi connectivity index (χ0v) is 12.5. The molecule has 4 nitrogen and oxygen atoms in total. The molecule has 1 aliphatic carbocycles. The van der Waals surface area contributed by atoms with Crippen molar-refractivity contribution in [1.29, 1.82) is 0 Å². The summed E-state index contributed by atoms with van der Waals surface area (Å²) in [6.45, 7) is 2.20. The average molecular weight is 275 g/mol. The van der Waals surface area contributed by atoms with Crippen molar-refractivity contribution in [1.82, 2.24) is 4.90 Å². The first-order valence-electron chi connectivity index (χ1n) is 7.61. The Hall–Kier alpha value is -1.42. The molecule has 1 saturated heterocycles. The van der Waals surface area contributed by atoms with Crippen LogP contribution in [0.2, 0.25) is 0 Å². The molecule has 0 spiro atoms. The van der Waals surface area contributed by atoms with E-state index in [2.05, 4.69) is 36.0 Å². The second-order valence-electron chi connectivity index (χ2n) is 6.22. The summed E-state index contributed by atoms with van der Waals surface area (Å²) in [7, 11) is 4.34. The summed E-state index contributed by atoms with van der Waals surface area (Å²) in [5, 5.41) is 0.